The highest BCUT2D eigenvalue weighted by atomic mass is 32.1. The topological polar surface area (TPSA) is 60.1 Å². The van der Waals surface area contributed by atoms with Crippen LogP contribution in [-0.2, 0) is 6.42 Å². The molecule has 0 radical (unpaired) electrons. The van der Waals surface area contributed by atoms with Crippen molar-refractivity contribution in [3.05, 3.63) is 81.9 Å². The summed E-state index contributed by atoms with van der Waals surface area (Å²) >= 11 is 1.40. The molecule has 1 fully saturated rings. The zero-order valence-corrected chi connectivity index (χ0v) is 18.6. The van der Waals surface area contributed by atoms with Crippen molar-refractivity contribution in [1.82, 2.24) is 9.88 Å². The largest absolute Gasteiger partial charge is 0.509 e. The molecule has 4 rings (SSSR count). The van der Waals surface area contributed by atoms with Crippen molar-refractivity contribution in [3.8, 4) is 17.3 Å². The van der Waals surface area contributed by atoms with Gasteiger partial charge in [0.2, 0.25) is 0 Å². The molecule has 0 atom stereocenters. The second-order valence-corrected chi connectivity index (χ2v) is 9.10. The molecule has 1 N–H and O–H groups in total. The molecule has 0 aliphatic carbocycles. The Morgan fingerprint density at radius 1 is 1.13 bits per heavy atom. The van der Waals surface area contributed by atoms with Crippen LogP contribution in [0.4, 0.5) is 0 Å². The van der Waals surface area contributed by atoms with E-state index in [-0.39, 0.29) is 11.3 Å². The first-order valence-electron chi connectivity index (χ1n) is 10.7. The molecule has 4 nitrogen and oxygen atoms in total. The Hall–Kier alpha value is -2.94. The fourth-order valence-corrected chi connectivity index (χ4v) is 4.91. The number of aliphatic hydroxyl groups is 1. The minimum Gasteiger partial charge on any atom is -0.509 e. The summed E-state index contributed by atoms with van der Waals surface area (Å²) in [6, 6.07) is 21.0. The van der Waals surface area contributed by atoms with E-state index in [1.54, 1.807) is 0 Å². The summed E-state index contributed by atoms with van der Waals surface area (Å²) in [5, 5.41) is 22.9. The van der Waals surface area contributed by atoms with Crippen LogP contribution in [0.5, 0.6) is 0 Å². The molecule has 5 heteroatoms. The molecule has 1 aromatic heterocycles. The summed E-state index contributed by atoms with van der Waals surface area (Å²) in [6.07, 6.45) is 3.33. The third kappa shape index (κ3) is 5.41. The zero-order valence-electron chi connectivity index (χ0n) is 17.8. The number of nitriles is 1. The van der Waals surface area contributed by atoms with Gasteiger partial charge in [-0.15, -0.1) is 11.3 Å². The van der Waals surface area contributed by atoms with Crippen molar-refractivity contribution in [3.63, 3.8) is 0 Å². The van der Waals surface area contributed by atoms with E-state index < -0.39 is 0 Å². The summed E-state index contributed by atoms with van der Waals surface area (Å²) in [6.45, 7) is 4.33. The molecule has 158 valence electrons. The number of hydrogen-bond donors (Lipinski definition) is 1. The number of hydrogen-bond acceptors (Lipinski definition) is 5. The summed E-state index contributed by atoms with van der Waals surface area (Å²) < 4.78 is 0. The van der Waals surface area contributed by atoms with Gasteiger partial charge in [-0.25, -0.2) is 4.98 Å². The van der Waals surface area contributed by atoms with Gasteiger partial charge < -0.3 is 5.11 Å². The molecule has 2 aromatic carbocycles. The van der Waals surface area contributed by atoms with Gasteiger partial charge in [-0.3, -0.25) is 4.90 Å². The number of benzene rings is 2. The van der Waals surface area contributed by atoms with E-state index >= 15 is 0 Å². The fourth-order valence-electron chi connectivity index (χ4n) is 4.07. The smallest absolute Gasteiger partial charge is 0.138 e. The third-order valence-corrected chi connectivity index (χ3v) is 6.77. The predicted octanol–water partition coefficient (Wildman–Crippen LogP) is 5.87. The number of aryl methyl sites for hydroxylation is 1. The Balaban J connectivity index is 1.38. The van der Waals surface area contributed by atoms with Crippen LogP contribution in [0.3, 0.4) is 0 Å². The lowest BCUT2D eigenvalue weighted by atomic mass is 9.90. The second kappa shape index (κ2) is 9.91. The SMILES string of the molecule is Cc1ccc(-c2csc(C(C#N)=C(O)CN3CCC(Cc4ccccc4)CC3)n2)cc1. The number of thiazole rings is 1. The zero-order chi connectivity index (χ0) is 21.6. The Kier molecular flexibility index (Phi) is 6.81. The van der Waals surface area contributed by atoms with Crippen molar-refractivity contribution in [2.75, 3.05) is 19.6 Å². The highest BCUT2D eigenvalue weighted by molar-refractivity contribution is 7.11. The minimum atomic E-state index is 0.119. The molecular formula is C26H27N3OS. The summed E-state index contributed by atoms with van der Waals surface area (Å²) in [4.78, 5) is 6.85. The van der Waals surface area contributed by atoms with Crippen LogP contribution in [0.25, 0.3) is 16.8 Å². The summed E-state index contributed by atoms with van der Waals surface area (Å²) in [5.74, 6) is 0.796. The molecule has 31 heavy (non-hydrogen) atoms. The molecule has 0 bridgehead atoms. The van der Waals surface area contributed by atoms with Gasteiger partial charge in [0.25, 0.3) is 0 Å². The molecule has 0 saturated carbocycles. The van der Waals surface area contributed by atoms with E-state index in [0.29, 0.717) is 17.5 Å². The number of nitrogens with zero attached hydrogens (tertiary/aromatic N) is 3. The quantitative estimate of drug-likeness (QED) is 0.393. The first kappa shape index (κ1) is 21.3. The Morgan fingerprint density at radius 2 is 1.84 bits per heavy atom. The Bertz CT molecular complexity index is 1070. The van der Waals surface area contributed by atoms with Crippen LogP contribution < -0.4 is 0 Å². The lowest BCUT2D eigenvalue weighted by molar-refractivity contribution is 0.177. The normalized spacial score (nSPS) is 16.0. The van der Waals surface area contributed by atoms with Gasteiger partial charge in [-0.2, -0.15) is 5.26 Å². The summed E-state index contributed by atoms with van der Waals surface area (Å²) in [7, 11) is 0. The standard InChI is InChI=1S/C26H27N3OS/c1-19-7-9-22(10-8-19)24-18-31-26(28-24)23(16-27)25(30)17-29-13-11-21(12-14-29)15-20-5-3-2-4-6-20/h2-10,18,21,30H,11-15,17H2,1H3. The maximum atomic E-state index is 10.7. The lowest BCUT2D eigenvalue weighted by Gasteiger charge is -2.31. The Morgan fingerprint density at radius 3 is 2.52 bits per heavy atom. The van der Waals surface area contributed by atoms with Gasteiger partial charge in [0.1, 0.15) is 22.4 Å². The lowest BCUT2D eigenvalue weighted by Crippen LogP contribution is -2.35. The first-order chi connectivity index (χ1) is 15.1. The molecule has 1 aliphatic rings. The third-order valence-electron chi connectivity index (χ3n) is 5.91. The van der Waals surface area contributed by atoms with Gasteiger partial charge in [0.05, 0.1) is 12.2 Å². The van der Waals surface area contributed by atoms with Gasteiger partial charge in [0.15, 0.2) is 0 Å². The highest BCUT2D eigenvalue weighted by Gasteiger charge is 2.22. The number of allylic oxidation sites excluding steroid dienone is 1. The van der Waals surface area contributed by atoms with Gasteiger partial charge in [-0.1, -0.05) is 60.2 Å². The number of aliphatic hydroxyl groups excluding tert-OH is 1. The molecule has 1 saturated heterocycles. The summed E-state index contributed by atoms with van der Waals surface area (Å²) in [5.41, 5.74) is 4.73. The van der Waals surface area contributed by atoms with Crippen LogP contribution in [0.1, 0.15) is 29.0 Å². The fraction of sp³-hybridized carbons (Fsp3) is 0.308. The van der Waals surface area contributed by atoms with E-state index in [2.05, 4.69) is 53.2 Å². The van der Waals surface area contributed by atoms with Crippen LogP contribution in [-0.4, -0.2) is 34.6 Å². The predicted molar refractivity (Wildman–Crippen MR) is 127 cm³/mol. The van der Waals surface area contributed by atoms with Crippen LogP contribution in [0, 0.1) is 24.2 Å². The number of piperidine rings is 1. The number of rotatable bonds is 6. The molecule has 1 aliphatic heterocycles. The highest BCUT2D eigenvalue weighted by Crippen LogP contribution is 2.28. The van der Waals surface area contributed by atoms with Crippen molar-refractivity contribution >= 4 is 16.9 Å². The van der Waals surface area contributed by atoms with Crippen molar-refractivity contribution in [1.29, 1.82) is 5.26 Å². The first-order valence-corrected chi connectivity index (χ1v) is 11.6. The number of likely N-dealkylation sites (tertiary alicyclic amines) is 1. The van der Waals surface area contributed by atoms with E-state index in [9.17, 15) is 10.4 Å². The molecule has 0 amide bonds. The maximum absolute atomic E-state index is 10.7. The van der Waals surface area contributed by atoms with E-state index in [1.165, 1.54) is 22.5 Å². The molecular weight excluding hydrogens is 402 g/mol. The minimum absolute atomic E-state index is 0.119. The second-order valence-electron chi connectivity index (χ2n) is 8.25. The van der Waals surface area contributed by atoms with Gasteiger partial charge in [0, 0.05) is 10.9 Å². The van der Waals surface area contributed by atoms with Gasteiger partial charge >= 0.3 is 0 Å². The molecule has 3 aromatic rings. The van der Waals surface area contributed by atoms with E-state index in [4.69, 9.17) is 0 Å². The molecule has 0 unspecified atom stereocenters. The van der Waals surface area contributed by atoms with E-state index in [1.807, 2.05) is 29.6 Å². The van der Waals surface area contributed by atoms with Crippen LogP contribution in [0.15, 0.2) is 65.7 Å². The molecule has 2 heterocycles. The average molecular weight is 430 g/mol. The van der Waals surface area contributed by atoms with E-state index in [0.717, 1.165) is 43.6 Å². The van der Waals surface area contributed by atoms with Crippen molar-refractivity contribution in [2.24, 2.45) is 5.92 Å². The average Bonchev–Trinajstić information content (AvgIpc) is 3.26. The van der Waals surface area contributed by atoms with Crippen molar-refractivity contribution in [2.45, 2.75) is 26.2 Å². The van der Waals surface area contributed by atoms with Gasteiger partial charge in [-0.05, 0) is 50.8 Å². The van der Waals surface area contributed by atoms with Crippen LogP contribution >= 0.6 is 11.3 Å². The monoisotopic (exact) mass is 429 g/mol. The molecule has 0 spiro atoms. The number of aromatic nitrogens is 1. The van der Waals surface area contributed by atoms with Crippen molar-refractivity contribution < 1.29 is 5.11 Å². The maximum Gasteiger partial charge on any atom is 0.138 e. The Labute approximate surface area is 188 Å². The van der Waals surface area contributed by atoms with Crippen LogP contribution in [0.2, 0.25) is 0 Å².